The number of hydrogen-bond donors (Lipinski definition) is 1. The Balaban J connectivity index is 1.79. The zero-order chi connectivity index (χ0) is 15.5. The van der Waals surface area contributed by atoms with E-state index in [9.17, 15) is 0 Å². The topological polar surface area (TPSA) is 46.0 Å². The Labute approximate surface area is 132 Å². The molecule has 0 unspecified atom stereocenters. The summed E-state index contributed by atoms with van der Waals surface area (Å²) < 4.78 is 2.03. The number of pyridine rings is 1. The maximum atomic E-state index is 4.57. The van der Waals surface area contributed by atoms with Crippen LogP contribution >= 0.6 is 0 Å². The molecule has 5 nitrogen and oxygen atoms in total. The minimum absolute atomic E-state index is 0.486. The van der Waals surface area contributed by atoms with Crippen LogP contribution in [-0.2, 0) is 13.1 Å². The van der Waals surface area contributed by atoms with Crippen molar-refractivity contribution in [1.29, 1.82) is 0 Å². The summed E-state index contributed by atoms with van der Waals surface area (Å²) in [5, 5.41) is 7.70. The van der Waals surface area contributed by atoms with Crippen LogP contribution in [0, 0.1) is 6.92 Å². The second-order valence-electron chi connectivity index (χ2n) is 5.95. The first-order chi connectivity index (χ1) is 10.7. The molecular formula is C17H25N5. The quantitative estimate of drug-likeness (QED) is 0.922. The molecule has 1 saturated heterocycles. The predicted molar refractivity (Wildman–Crippen MR) is 88.8 cm³/mol. The monoisotopic (exact) mass is 299 g/mol. The molecule has 0 spiro atoms. The molecule has 118 valence electrons. The number of anilines is 1. The molecule has 2 aromatic rings. The van der Waals surface area contributed by atoms with Crippen LogP contribution in [-0.4, -0.2) is 33.3 Å². The van der Waals surface area contributed by atoms with E-state index in [0.717, 1.165) is 31.1 Å². The Morgan fingerprint density at radius 2 is 2.27 bits per heavy atom. The molecule has 1 aliphatic rings. The predicted octanol–water partition coefficient (Wildman–Crippen LogP) is 2.99. The van der Waals surface area contributed by atoms with E-state index in [1.165, 1.54) is 24.0 Å². The maximum absolute atomic E-state index is 4.57. The molecule has 0 bridgehead atoms. The smallest absolute Gasteiger partial charge is 0.125 e. The van der Waals surface area contributed by atoms with Gasteiger partial charge < -0.3 is 5.32 Å². The Bertz CT molecular complexity index is 634. The Kier molecular flexibility index (Phi) is 4.43. The number of nitrogens with one attached hydrogen (secondary N) is 1. The van der Waals surface area contributed by atoms with Crippen molar-refractivity contribution in [3.63, 3.8) is 0 Å². The average Bonchev–Trinajstić information content (AvgIpc) is 3.15. The van der Waals surface area contributed by atoms with E-state index >= 15 is 0 Å². The van der Waals surface area contributed by atoms with E-state index in [4.69, 9.17) is 0 Å². The summed E-state index contributed by atoms with van der Waals surface area (Å²) in [5.41, 5.74) is 3.85. The van der Waals surface area contributed by atoms with Gasteiger partial charge in [-0.1, -0.05) is 0 Å². The molecule has 1 atom stereocenters. The van der Waals surface area contributed by atoms with Crippen LogP contribution in [0.3, 0.4) is 0 Å². The van der Waals surface area contributed by atoms with Crippen molar-refractivity contribution in [2.75, 3.05) is 18.9 Å². The van der Waals surface area contributed by atoms with Crippen molar-refractivity contribution in [2.24, 2.45) is 0 Å². The lowest BCUT2D eigenvalue weighted by Crippen LogP contribution is -2.23. The summed E-state index contributed by atoms with van der Waals surface area (Å²) in [6, 6.07) is 4.80. The van der Waals surface area contributed by atoms with Crippen molar-refractivity contribution < 1.29 is 0 Å². The lowest BCUT2D eigenvalue weighted by molar-refractivity contribution is 0.248. The number of nitrogens with zero attached hydrogens (tertiary/aromatic N) is 4. The SMILES string of the molecule is CCn1cc(CN2CCC[C@@H]2c2ccnc(NC)c2)c(C)n1. The van der Waals surface area contributed by atoms with Gasteiger partial charge in [-0.2, -0.15) is 5.10 Å². The van der Waals surface area contributed by atoms with Gasteiger partial charge in [-0.05, 0) is 50.9 Å². The highest BCUT2D eigenvalue weighted by Gasteiger charge is 2.27. The fraction of sp³-hybridized carbons (Fsp3) is 0.529. The molecule has 3 heterocycles. The standard InChI is InChI=1S/C17H25N5/c1-4-22-12-15(13(2)20-22)11-21-9-5-6-16(21)14-7-8-19-17(10-14)18-3/h7-8,10,12,16H,4-6,9,11H2,1-3H3,(H,18,19)/t16-/m1/s1. The molecule has 0 amide bonds. The van der Waals surface area contributed by atoms with Gasteiger partial charge in [0.1, 0.15) is 5.82 Å². The number of rotatable bonds is 5. The molecular weight excluding hydrogens is 274 g/mol. The van der Waals surface area contributed by atoms with Gasteiger partial charge in [0.05, 0.1) is 5.69 Å². The minimum atomic E-state index is 0.486. The molecule has 1 fully saturated rings. The van der Waals surface area contributed by atoms with E-state index < -0.39 is 0 Å². The fourth-order valence-electron chi connectivity index (χ4n) is 3.28. The van der Waals surface area contributed by atoms with Crippen LogP contribution in [0.1, 0.15) is 42.6 Å². The van der Waals surface area contributed by atoms with E-state index in [0.29, 0.717) is 6.04 Å². The molecule has 5 heteroatoms. The molecule has 0 saturated carbocycles. The highest BCUT2D eigenvalue weighted by atomic mass is 15.3. The van der Waals surface area contributed by atoms with E-state index in [-0.39, 0.29) is 0 Å². The number of likely N-dealkylation sites (tertiary alicyclic amines) is 1. The summed E-state index contributed by atoms with van der Waals surface area (Å²) in [6.45, 7) is 7.30. The molecule has 0 aromatic carbocycles. The largest absolute Gasteiger partial charge is 0.373 e. The summed E-state index contributed by atoms with van der Waals surface area (Å²) >= 11 is 0. The van der Waals surface area contributed by atoms with Gasteiger partial charge in [0.2, 0.25) is 0 Å². The molecule has 0 radical (unpaired) electrons. The van der Waals surface area contributed by atoms with Crippen LogP contribution in [0.4, 0.5) is 5.82 Å². The zero-order valence-electron chi connectivity index (χ0n) is 13.7. The Hall–Kier alpha value is -1.88. The number of aryl methyl sites for hydroxylation is 2. The van der Waals surface area contributed by atoms with E-state index in [2.05, 4.69) is 52.5 Å². The van der Waals surface area contributed by atoms with Crippen LogP contribution in [0.15, 0.2) is 24.5 Å². The molecule has 3 rings (SSSR count). The average molecular weight is 299 g/mol. The summed E-state index contributed by atoms with van der Waals surface area (Å²) in [6.07, 6.45) is 6.56. The first-order valence-electron chi connectivity index (χ1n) is 8.12. The second kappa shape index (κ2) is 6.48. The first kappa shape index (κ1) is 15.0. The van der Waals surface area contributed by atoms with Crippen molar-refractivity contribution in [1.82, 2.24) is 19.7 Å². The van der Waals surface area contributed by atoms with Crippen molar-refractivity contribution in [3.05, 3.63) is 41.3 Å². The highest BCUT2D eigenvalue weighted by molar-refractivity contribution is 5.38. The van der Waals surface area contributed by atoms with Gasteiger partial charge in [-0.15, -0.1) is 0 Å². The summed E-state index contributed by atoms with van der Waals surface area (Å²) in [7, 11) is 1.92. The van der Waals surface area contributed by atoms with Crippen LogP contribution in [0.5, 0.6) is 0 Å². The minimum Gasteiger partial charge on any atom is -0.373 e. The van der Waals surface area contributed by atoms with Gasteiger partial charge in [0, 0.05) is 44.1 Å². The second-order valence-corrected chi connectivity index (χ2v) is 5.95. The third kappa shape index (κ3) is 2.99. The van der Waals surface area contributed by atoms with Gasteiger partial charge in [-0.25, -0.2) is 4.98 Å². The van der Waals surface area contributed by atoms with E-state index in [1.54, 1.807) is 0 Å². The maximum Gasteiger partial charge on any atom is 0.125 e. The van der Waals surface area contributed by atoms with Crippen molar-refractivity contribution in [3.8, 4) is 0 Å². The Morgan fingerprint density at radius 1 is 1.41 bits per heavy atom. The molecule has 22 heavy (non-hydrogen) atoms. The highest BCUT2D eigenvalue weighted by Crippen LogP contribution is 2.34. The van der Waals surface area contributed by atoms with Gasteiger partial charge >= 0.3 is 0 Å². The molecule has 1 aliphatic heterocycles. The summed E-state index contributed by atoms with van der Waals surface area (Å²) in [4.78, 5) is 6.89. The van der Waals surface area contributed by atoms with Crippen LogP contribution < -0.4 is 5.32 Å². The molecule has 1 N–H and O–H groups in total. The zero-order valence-corrected chi connectivity index (χ0v) is 13.7. The molecule has 0 aliphatic carbocycles. The van der Waals surface area contributed by atoms with Gasteiger partial charge in [0.15, 0.2) is 0 Å². The van der Waals surface area contributed by atoms with E-state index in [1.807, 2.05) is 17.9 Å². The Morgan fingerprint density at radius 3 is 3.00 bits per heavy atom. The summed E-state index contributed by atoms with van der Waals surface area (Å²) in [5.74, 6) is 0.944. The van der Waals surface area contributed by atoms with Gasteiger partial charge in [-0.3, -0.25) is 9.58 Å². The lowest BCUT2D eigenvalue weighted by atomic mass is 10.1. The van der Waals surface area contributed by atoms with Crippen LogP contribution in [0.2, 0.25) is 0 Å². The molecule has 2 aromatic heterocycles. The fourth-order valence-corrected chi connectivity index (χ4v) is 3.28. The number of aromatic nitrogens is 3. The third-order valence-electron chi connectivity index (χ3n) is 4.53. The van der Waals surface area contributed by atoms with Crippen LogP contribution in [0.25, 0.3) is 0 Å². The lowest BCUT2D eigenvalue weighted by Gasteiger charge is -2.24. The van der Waals surface area contributed by atoms with Gasteiger partial charge in [0.25, 0.3) is 0 Å². The van der Waals surface area contributed by atoms with Crippen molar-refractivity contribution in [2.45, 2.75) is 45.8 Å². The third-order valence-corrected chi connectivity index (χ3v) is 4.53. The normalized spacial score (nSPS) is 18.8. The first-order valence-corrected chi connectivity index (χ1v) is 8.12. The van der Waals surface area contributed by atoms with Crippen molar-refractivity contribution >= 4 is 5.82 Å². The number of hydrogen-bond acceptors (Lipinski definition) is 4.